The Morgan fingerprint density at radius 2 is 2.28 bits per heavy atom. The number of hydrogen-bond acceptors (Lipinski definition) is 5. The van der Waals surface area contributed by atoms with Gasteiger partial charge in [0.1, 0.15) is 0 Å². The van der Waals surface area contributed by atoms with Crippen molar-refractivity contribution >= 4 is 0 Å². The van der Waals surface area contributed by atoms with Gasteiger partial charge < -0.3 is 9.72 Å². The Morgan fingerprint density at radius 1 is 1.40 bits per heavy atom. The lowest BCUT2D eigenvalue weighted by atomic mass is 10.2. The standard InChI is InChI=1S/C18H24N4O3/c1-21-17(23)14(11-20-18(21)24)7-9-22(13-16-6-4-10-25-16)12-15-5-2-3-8-19-15/h2-3,5,8,11,16H,4,6-7,9-10,12-13H2,1H3,(H,20,24). The van der Waals surface area contributed by atoms with Gasteiger partial charge in [0.05, 0.1) is 11.8 Å². The van der Waals surface area contributed by atoms with Crippen molar-refractivity contribution in [3.8, 4) is 0 Å². The molecule has 0 bridgehead atoms. The second-order valence-electron chi connectivity index (χ2n) is 6.42. The Balaban J connectivity index is 1.69. The number of ether oxygens (including phenoxy) is 1. The van der Waals surface area contributed by atoms with Crippen LogP contribution in [0.15, 0.2) is 40.2 Å². The van der Waals surface area contributed by atoms with Crippen molar-refractivity contribution in [2.45, 2.75) is 31.9 Å². The highest BCUT2D eigenvalue weighted by molar-refractivity contribution is 5.06. The van der Waals surface area contributed by atoms with E-state index in [1.54, 1.807) is 6.20 Å². The van der Waals surface area contributed by atoms with Gasteiger partial charge in [0, 0.05) is 51.2 Å². The molecule has 3 heterocycles. The van der Waals surface area contributed by atoms with Crippen LogP contribution in [0, 0.1) is 0 Å². The third-order valence-corrected chi connectivity index (χ3v) is 4.55. The summed E-state index contributed by atoms with van der Waals surface area (Å²) in [5.41, 5.74) is 0.979. The number of hydrogen-bond donors (Lipinski definition) is 1. The van der Waals surface area contributed by atoms with Crippen LogP contribution >= 0.6 is 0 Å². The van der Waals surface area contributed by atoms with Crippen molar-refractivity contribution in [2.75, 3.05) is 19.7 Å². The number of H-pyrrole nitrogens is 1. The Labute approximate surface area is 146 Å². The molecule has 1 fully saturated rings. The summed E-state index contributed by atoms with van der Waals surface area (Å²) in [5, 5.41) is 0. The Hall–Kier alpha value is -2.25. The van der Waals surface area contributed by atoms with Gasteiger partial charge >= 0.3 is 5.69 Å². The third-order valence-electron chi connectivity index (χ3n) is 4.55. The van der Waals surface area contributed by atoms with E-state index in [1.807, 2.05) is 18.2 Å². The smallest absolute Gasteiger partial charge is 0.328 e. The summed E-state index contributed by atoms with van der Waals surface area (Å²) in [4.78, 5) is 32.9. The van der Waals surface area contributed by atoms with E-state index in [4.69, 9.17) is 4.74 Å². The van der Waals surface area contributed by atoms with Crippen molar-refractivity contribution < 1.29 is 4.74 Å². The minimum Gasteiger partial charge on any atom is -0.377 e. The van der Waals surface area contributed by atoms with Crippen molar-refractivity contribution in [3.63, 3.8) is 0 Å². The minimum atomic E-state index is -0.390. The van der Waals surface area contributed by atoms with Gasteiger partial charge in [0.25, 0.3) is 5.56 Å². The van der Waals surface area contributed by atoms with Crippen molar-refractivity contribution in [1.82, 2.24) is 19.4 Å². The molecule has 0 radical (unpaired) electrons. The van der Waals surface area contributed by atoms with Crippen LogP contribution in [0.1, 0.15) is 24.1 Å². The lowest BCUT2D eigenvalue weighted by molar-refractivity contribution is 0.0705. The van der Waals surface area contributed by atoms with E-state index >= 15 is 0 Å². The number of nitrogens with zero attached hydrogens (tertiary/aromatic N) is 3. The average Bonchev–Trinajstić information content (AvgIpc) is 3.13. The maximum Gasteiger partial charge on any atom is 0.328 e. The number of aromatic nitrogens is 3. The van der Waals surface area contributed by atoms with E-state index in [-0.39, 0.29) is 11.7 Å². The van der Waals surface area contributed by atoms with E-state index < -0.39 is 5.69 Å². The molecule has 2 aromatic rings. The van der Waals surface area contributed by atoms with Crippen LogP contribution in [0.3, 0.4) is 0 Å². The topological polar surface area (TPSA) is 80.2 Å². The summed E-state index contributed by atoms with van der Waals surface area (Å²) in [6, 6.07) is 5.88. The van der Waals surface area contributed by atoms with Crippen LogP contribution in [0.25, 0.3) is 0 Å². The fourth-order valence-corrected chi connectivity index (χ4v) is 3.10. The highest BCUT2D eigenvalue weighted by Gasteiger charge is 2.20. The maximum absolute atomic E-state index is 12.2. The first-order valence-corrected chi connectivity index (χ1v) is 8.65. The van der Waals surface area contributed by atoms with E-state index in [2.05, 4.69) is 14.9 Å². The number of aromatic amines is 1. The molecular formula is C18H24N4O3. The molecule has 0 spiro atoms. The molecule has 7 heteroatoms. The fraction of sp³-hybridized carbons (Fsp3) is 0.500. The molecule has 3 rings (SSSR count). The van der Waals surface area contributed by atoms with Gasteiger partial charge in [-0.2, -0.15) is 0 Å². The average molecular weight is 344 g/mol. The van der Waals surface area contributed by atoms with Gasteiger partial charge in [-0.05, 0) is 31.4 Å². The molecule has 1 atom stereocenters. The zero-order chi connectivity index (χ0) is 17.6. The second kappa shape index (κ2) is 8.22. The molecule has 1 unspecified atom stereocenters. The lowest BCUT2D eigenvalue weighted by Gasteiger charge is -2.24. The lowest BCUT2D eigenvalue weighted by Crippen LogP contribution is -2.37. The van der Waals surface area contributed by atoms with E-state index in [0.29, 0.717) is 25.1 Å². The molecule has 0 aromatic carbocycles. The van der Waals surface area contributed by atoms with Gasteiger partial charge in [-0.25, -0.2) is 4.79 Å². The fourth-order valence-electron chi connectivity index (χ4n) is 3.10. The normalized spacial score (nSPS) is 17.3. The van der Waals surface area contributed by atoms with Crippen LogP contribution in [0.2, 0.25) is 0 Å². The zero-order valence-electron chi connectivity index (χ0n) is 14.5. The molecule has 25 heavy (non-hydrogen) atoms. The maximum atomic E-state index is 12.2. The summed E-state index contributed by atoms with van der Waals surface area (Å²) >= 11 is 0. The number of nitrogens with one attached hydrogen (secondary N) is 1. The first-order valence-electron chi connectivity index (χ1n) is 8.65. The molecule has 2 aromatic heterocycles. The summed E-state index contributed by atoms with van der Waals surface area (Å²) in [5.74, 6) is 0. The van der Waals surface area contributed by atoms with Crippen LogP contribution < -0.4 is 11.2 Å². The van der Waals surface area contributed by atoms with E-state index in [9.17, 15) is 9.59 Å². The van der Waals surface area contributed by atoms with Crippen LogP contribution in [0.5, 0.6) is 0 Å². The predicted octanol–water partition coefficient (Wildman–Crippen LogP) is 0.692. The highest BCUT2D eigenvalue weighted by atomic mass is 16.5. The SMILES string of the molecule is Cn1c(=O)[nH]cc(CCN(Cc2ccccn2)CC2CCCO2)c1=O. The summed E-state index contributed by atoms with van der Waals surface area (Å²) < 4.78 is 6.87. The molecule has 1 N–H and O–H groups in total. The quantitative estimate of drug-likeness (QED) is 0.799. The molecule has 7 nitrogen and oxygen atoms in total. The van der Waals surface area contributed by atoms with Gasteiger partial charge in [-0.3, -0.25) is 19.2 Å². The molecule has 0 aliphatic carbocycles. The largest absolute Gasteiger partial charge is 0.377 e. The van der Waals surface area contributed by atoms with Crippen LogP contribution in [-0.4, -0.2) is 45.2 Å². The molecule has 1 aliphatic rings. The molecule has 0 amide bonds. The Kier molecular flexibility index (Phi) is 5.78. The Bertz CT molecular complexity index is 794. The van der Waals surface area contributed by atoms with Gasteiger partial charge in [0.2, 0.25) is 0 Å². The van der Waals surface area contributed by atoms with Gasteiger partial charge in [-0.15, -0.1) is 0 Å². The monoisotopic (exact) mass is 344 g/mol. The number of rotatable bonds is 7. The number of pyridine rings is 1. The minimum absolute atomic E-state index is 0.237. The summed E-state index contributed by atoms with van der Waals surface area (Å²) in [7, 11) is 1.49. The van der Waals surface area contributed by atoms with Gasteiger partial charge in [-0.1, -0.05) is 6.07 Å². The molecule has 1 aliphatic heterocycles. The first kappa shape index (κ1) is 17.6. The predicted molar refractivity (Wildman–Crippen MR) is 94.5 cm³/mol. The van der Waals surface area contributed by atoms with Crippen molar-refractivity contribution in [2.24, 2.45) is 7.05 Å². The van der Waals surface area contributed by atoms with E-state index in [0.717, 1.165) is 36.3 Å². The molecule has 134 valence electrons. The zero-order valence-corrected chi connectivity index (χ0v) is 14.5. The van der Waals surface area contributed by atoms with E-state index in [1.165, 1.54) is 13.2 Å². The second-order valence-corrected chi connectivity index (χ2v) is 6.42. The van der Waals surface area contributed by atoms with Crippen LogP contribution in [0.4, 0.5) is 0 Å². The van der Waals surface area contributed by atoms with Crippen molar-refractivity contribution in [1.29, 1.82) is 0 Å². The Morgan fingerprint density at radius 3 is 3.00 bits per heavy atom. The molecule has 1 saturated heterocycles. The highest BCUT2D eigenvalue weighted by Crippen LogP contribution is 2.15. The summed E-state index contributed by atoms with van der Waals surface area (Å²) in [6.07, 6.45) is 6.29. The third kappa shape index (κ3) is 4.64. The van der Waals surface area contributed by atoms with Crippen LogP contribution in [-0.2, 0) is 24.8 Å². The van der Waals surface area contributed by atoms with Crippen molar-refractivity contribution in [3.05, 3.63) is 62.7 Å². The first-order chi connectivity index (χ1) is 12.1. The summed E-state index contributed by atoms with van der Waals surface area (Å²) in [6.45, 7) is 3.06. The van der Waals surface area contributed by atoms with Gasteiger partial charge in [0.15, 0.2) is 0 Å². The molecule has 0 saturated carbocycles. The molecular weight excluding hydrogens is 320 g/mol.